The Hall–Kier alpha value is -2.33. The third-order valence-electron chi connectivity index (χ3n) is 4.26. The van der Waals surface area contributed by atoms with Crippen LogP contribution in [0.15, 0.2) is 48.5 Å². The first kappa shape index (κ1) is 20.0. The monoisotopic (exact) mass is 372 g/mol. The molecular weight excluding hydrogens is 348 g/mol. The zero-order valence-electron chi connectivity index (χ0n) is 15.3. The Morgan fingerprint density at radius 3 is 2.38 bits per heavy atom. The Balaban J connectivity index is 1.83. The molecule has 0 fully saturated rings. The number of carbonyl (C=O) groups excluding carboxylic acids is 2. The van der Waals surface area contributed by atoms with Gasteiger partial charge in [-0.1, -0.05) is 42.8 Å². The van der Waals surface area contributed by atoms with Crippen LogP contribution in [0, 0.1) is 0 Å². The van der Waals surface area contributed by atoms with Crippen LogP contribution in [0.1, 0.15) is 31.4 Å². The first-order valence-corrected chi connectivity index (χ1v) is 9.24. The summed E-state index contributed by atoms with van der Waals surface area (Å²) in [6.07, 6.45) is 1.94. The predicted octanol–water partition coefficient (Wildman–Crippen LogP) is 4.32. The van der Waals surface area contributed by atoms with Gasteiger partial charge in [-0.25, -0.2) is 0 Å². The summed E-state index contributed by atoms with van der Waals surface area (Å²) >= 11 is 5.99. The van der Waals surface area contributed by atoms with Crippen molar-refractivity contribution in [3.8, 4) is 0 Å². The van der Waals surface area contributed by atoms with Gasteiger partial charge in [0.25, 0.3) is 0 Å². The van der Waals surface area contributed by atoms with Crippen molar-refractivity contribution >= 4 is 29.1 Å². The van der Waals surface area contributed by atoms with Crippen molar-refractivity contribution in [1.29, 1.82) is 0 Å². The van der Waals surface area contributed by atoms with Gasteiger partial charge in [-0.15, -0.1) is 0 Å². The maximum Gasteiger partial charge on any atom is 0.226 e. The molecule has 26 heavy (non-hydrogen) atoms. The first-order valence-electron chi connectivity index (χ1n) is 8.86. The van der Waals surface area contributed by atoms with E-state index in [9.17, 15) is 9.59 Å². The third-order valence-corrected chi connectivity index (χ3v) is 4.49. The second-order valence-corrected chi connectivity index (χ2v) is 6.67. The van der Waals surface area contributed by atoms with Crippen molar-refractivity contribution in [2.45, 2.75) is 33.1 Å². The minimum absolute atomic E-state index is 0.0351. The van der Waals surface area contributed by atoms with Crippen LogP contribution >= 0.6 is 11.6 Å². The van der Waals surface area contributed by atoms with Crippen LogP contribution < -0.4 is 5.32 Å². The lowest BCUT2D eigenvalue weighted by Gasteiger charge is -2.21. The van der Waals surface area contributed by atoms with Crippen LogP contribution in [0.2, 0.25) is 5.02 Å². The molecule has 5 heteroatoms. The summed E-state index contributed by atoms with van der Waals surface area (Å²) in [6.45, 7) is 4.58. The van der Waals surface area contributed by atoms with Crippen molar-refractivity contribution in [2.75, 3.05) is 18.4 Å². The molecule has 2 aromatic rings. The van der Waals surface area contributed by atoms with Crippen LogP contribution in [0.25, 0.3) is 0 Å². The van der Waals surface area contributed by atoms with Crippen molar-refractivity contribution < 1.29 is 9.59 Å². The number of nitrogens with one attached hydrogen (secondary N) is 1. The van der Waals surface area contributed by atoms with Gasteiger partial charge in [-0.05, 0) is 48.2 Å². The zero-order chi connectivity index (χ0) is 18.9. The maximum atomic E-state index is 12.1. The van der Waals surface area contributed by atoms with Crippen LogP contribution in [-0.4, -0.2) is 29.8 Å². The molecule has 4 nitrogen and oxygen atoms in total. The van der Waals surface area contributed by atoms with Crippen LogP contribution in [0.4, 0.5) is 5.69 Å². The van der Waals surface area contributed by atoms with Gasteiger partial charge in [-0.3, -0.25) is 9.59 Å². The molecular formula is C21H25ClN2O2. The Labute approximate surface area is 160 Å². The minimum atomic E-state index is -0.0942. The van der Waals surface area contributed by atoms with Gasteiger partial charge in [0.2, 0.25) is 11.8 Å². The number of halogens is 1. The lowest BCUT2D eigenvalue weighted by molar-refractivity contribution is -0.129. The Morgan fingerprint density at radius 2 is 1.77 bits per heavy atom. The molecule has 0 radical (unpaired) electrons. The van der Waals surface area contributed by atoms with E-state index in [1.807, 2.05) is 48.5 Å². The van der Waals surface area contributed by atoms with Gasteiger partial charge in [0.15, 0.2) is 0 Å². The van der Waals surface area contributed by atoms with E-state index < -0.39 is 0 Å². The average molecular weight is 373 g/mol. The van der Waals surface area contributed by atoms with Crippen molar-refractivity contribution in [1.82, 2.24) is 4.90 Å². The molecule has 2 aromatic carbocycles. The minimum Gasteiger partial charge on any atom is -0.342 e. The third kappa shape index (κ3) is 6.52. The van der Waals surface area contributed by atoms with Gasteiger partial charge < -0.3 is 10.2 Å². The Bertz CT molecular complexity index is 744. The van der Waals surface area contributed by atoms with Gasteiger partial charge in [-0.2, -0.15) is 0 Å². The Kier molecular flexibility index (Phi) is 7.67. The number of aryl methyl sites for hydroxylation is 1. The van der Waals surface area contributed by atoms with E-state index in [-0.39, 0.29) is 18.2 Å². The summed E-state index contributed by atoms with van der Waals surface area (Å²) in [5, 5.41) is 3.56. The van der Waals surface area contributed by atoms with E-state index in [4.69, 9.17) is 11.6 Å². The summed E-state index contributed by atoms with van der Waals surface area (Å²) in [5.74, 6) is -0.129. The SMILES string of the molecule is CCc1ccc(NC(=O)CCN(CCc2cccc(Cl)c2)C(C)=O)cc1. The number of hydrogen-bond acceptors (Lipinski definition) is 2. The molecule has 0 saturated carbocycles. The standard InChI is InChI=1S/C21H25ClN2O2/c1-3-17-7-9-20(10-8-17)23-21(26)12-14-24(16(2)25)13-11-18-5-4-6-19(22)15-18/h4-10,15H,3,11-14H2,1-2H3,(H,23,26). The highest BCUT2D eigenvalue weighted by atomic mass is 35.5. The average Bonchev–Trinajstić information content (AvgIpc) is 2.62. The van der Waals surface area contributed by atoms with E-state index in [1.165, 1.54) is 12.5 Å². The quantitative estimate of drug-likeness (QED) is 0.750. The second kappa shape index (κ2) is 9.97. The van der Waals surface area contributed by atoms with Gasteiger partial charge >= 0.3 is 0 Å². The normalized spacial score (nSPS) is 10.4. The molecule has 0 saturated heterocycles. The topological polar surface area (TPSA) is 49.4 Å². The Morgan fingerprint density at radius 1 is 1.04 bits per heavy atom. The molecule has 0 aliphatic carbocycles. The molecule has 0 heterocycles. The number of rotatable bonds is 8. The lowest BCUT2D eigenvalue weighted by Crippen LogP contribution is -2.33. The molecule has 0 aliphatic rings. The fourth-order valence-corrected chi connectivity index (χ4v) is 2.88. The van der Waals surface area contributed by atoms with Crippen LogP contribution in [-0.2, 0) is 22.4 Å². The number of nitrogens with zero attached hydrogens (tertiary/aromatic N) is 1. The lowest BCUT2D eigenvalue weighted by atomic mass is 10.1. The highest BCUT2D eigenvalue weighted by Crippen LogP contribution is 2.12. The number of carbonyl (C=O) groups is 2. The van der Waals surface area contributed by atoms with Gasteiger partial charge in [0.05, 0.1) is 0 Å². The van der Waals surface area contributed by atoms with E-state index in [0.29, 0.717) is 24.5 Å². The van der Waals surface area contributed by atoms with E-state index in [1.54, 1.807) is 4.90 Å². The first-order chi connectivity index (χ1) is 12.5. The summed E-state index contributed by atoms with van der Waals surface area (Å²) in [6, 6.07) is 15.4. The molecule has 0 unspecified atom stereocenters. The molecule has 2 rings (SSSR count). The van der Waals surface area contributed by atoms with Gasteiger partial charge in [0.1, 0.15) is 0 Å². The highest BCUT2D eigenvalue weighted by Gasteiger charge is 2.11. The maximum absolute atomic E-state index is 12.1. The molecule has 0 aromatic heterocycles. The van der Waals surface area contributed by atoms with Crippen LogP contribution in [0.5, 0.6) is 0 Å². The molecule has 0 atom stereocenters. The summed E-state index contributed by atoms with van der Waals surface area (Å²) < 4.78 is 0. The van der Waals surface area contributed by atoms with E-state index in [0.717, 1.165) is 17.7 Å². The number of amides is 2. The molecule has 1 N–H and O–H groups in total. The predicted molar refractivity (Wildman–Crippen MR) is 106 cm³/mol. The largest absolute Gasteiger partial charge is 0.342 e. The number of hydrogen-bond donors (Lipinski definition) is 1. The van der Waals surface area contributed by atoms with Crippen molar-refractivity contribution in [3.05, 3.63) is 64.7 Å². The fraction of sp³-hybridized carbons (Fsp3) is 0.333. The number of benzene rings is 2. The summed E-state index contributed by atoms with van der Waals surface area (Å²) in [4.78, 5) is 25.7. The van der Waals surface area contributed by atoms with Crippen LogP contribution in [0.3, 0.4) is 0 Å². The molecule has 0 aliphatic heterocycles. The summed E-state index contributed by atoms with van der Waals surface area (Å²) in [5.41, 5.74) is 3.08. The molecule has 138 valence electrons. The van der Waals surface area contributed by atoms with E-state index >= 15 is 0 Å². The smallest absolute Gasteiger partial charge is 0.226 e. The van der Waals surface area contributed by atoms with Crippen molar-refractivity contribution in [3.63, 3.8) is 0 Å². The molecule has 2 amide bonds. The van der Waals surface area contributed by atoms with E-state index in [2.05, 4.69) is 12.2 Å². The highest BCUT2D eigenvalue weighted by molar-refractivity contribution is 6.30. The molecule has 0 spiro atoms. The second-order valence-electron chi connectivity index (χ2n) is 6.23. The summed E-state index contributed by atoms with van der Waals surface area (Å²) in [7, 11) is 0. The zero-order valence-corrected chi connectivity index (χ0v) is 16.1. The van der Waals surface area contributed by atoms with Crippen molar-refractivity contribution in [2.24, 2.45) is 0 Å². The molecule has 0 bridgehead atoms. The van der Waals surface area contributed by atoms with Gasteiger partial charge in [0, 0.05) is 37.1 Å². The number of anilines is 1. The fourth-order valence-electron chi connectivity index (χ4n) is 2.67.